The van der Waals surface area contributed by atoms with Crippen LogP contribution in [0.1, 0.15) is 25.7 Å². The van der Waals surface area contributed by atoms with Gasteiger partial charge in [0, 0.05) is 10.7 Å². The summed E-state index contributed by atoms with van der Waals surface area (Å²) >= 11 is 4.45. The molecule has 0 saturated heterocycles. The average molecular weight is 140 g/mol. The van der Waals surface area contributed by atoms with Gasteiger partial charge in [-0.2, -0.15) is 12.6 Å². The molecular formula is C8H12S. The molecule has 0 radical (unpaired) electrons. The maximum atomic E-state index is 4.45. The summed E-state index contributed by atoms with van der Waals surface area (Å²) < 4.78 is 0. The van der Waals surface area contributed by atoms with E-state index < -0.39 is 0 Å². The van der Waals surface area contributed by atoms with Crippen LogP contribution in [0.2, 0.25) is 0 Å². The van der Waals surface area contributed by atoms with E-state index in [4.69, 9.17) is 0 Å². The molecule has 0 aliphatic heterocycles. The van der Waals surface area contributed by atoms with E-state index >= 15 is 0 Å². The van der Waals surface area contributed by atoms with Gasteiger partial charge in [-0.15, -0.1) is 0 Å². The molecule has 0 aromatic heterocycles. The largest absolute Gasteiger partial charge is 0.175 e. The van der Waals surface area contributed by atoms with Gasteiger partial charge in [0.1, 0.15) is 0 Å². The van der Waals surface area contributed by atoms with Gasteiger partial charge in [0.05, 0.1) is 0 Å². The molecule has 0 bridgehead atoms. The van der Waals surface area contributed by atoms with Crippen molar-refractivity contribution >= 4 is 12.6 Å². The van der Waals surface area contributed by atoms with Gasteiger partial charge >= 0.3 is 0 Å². The van der Waals surface area contributed by atoms with E-state index in [2.05, 4.69) is 24.8 Å². The van der Waals surface area contributed by atoms with Gasteiger partial charge in [0.15, 0.2) is 0 Å². The SMILES string of the molecule is SC1CC12C=CCCC2. The van der Waals surface area contributed by atoms with Crippen molar-refractivity contribution in [2.24, 2.45) is 5.41 Å². The fourth-order valence-electron chi connectivity index (χ4n) is 1.70. The van der Waals surface area contributed by atoms with Crippen LogP contribution < -0.4 is 0 Å². The number of hydrogen-bond acceptors (Lipinski definition) is 1. The summed E-state index contributed by atoms with van der Waals surface area (Å²) in [5.74, 6) is 0. The Kier molecular flexibility index (Phi) is 1.16. The fourth-order valence-corrected chi connectivity index (χ4v) is 2.25. The molecule has 1 spiro atoms. The Labute approximate surface area is 61.7 Å². The van der Waals surface area contributed by atoms with Gasteiger partial charge in [-0.05, 0) is 25.7 Å². The molecule has 0 amide bonds. The van der Waals surface area contributed by atoms with Crippen molar-refractivity contribution in [1.29, 1.82) is 0 Å². The lowest BCUT2D eigenvalue weighted by atomic mass is 9.93. The first kappa shape index (κ1) is 5.84. The smallest absolute Gasteiger partial charge is 0.0117 e. The molecule has 1 heteroatoms. The minimum Gasteiger partial charge on any atom is -0.175 e. The van der Waals surface area contributed by atoms with Crippen LogP contribution >= 0.6 is 12.6 Å². The van der Waals surface area contributed by atoms with Crippen LogP contribution in [0.25, 0.3) is 0 Å². The molecule has 2 aliphatic rings. The lowest BCUT2D eigenvalue weighted by Crippen LogP contribution is -2.03. The Balaban J connectivity index is 2.13. The van der Waals surface area contributed by atoms with Gasteiger partial charge in [0.25, 0.3) is 0 Å². The maximum Gasteiger partial charge on any atom is 0.0117 e. The highest BCUT2D eigenvalue weighted by Gasteiger charge is 2.49. The van der Waals surface area contributed by atoms with Crippen molar-refractivity contribution < 1.29 is 0 Å². The zero-order valence-corrected chi connectivity index (χ0v) is 6.40. The summed E-state index contributed by atoms with van der Waals surface area (Å²) in [5.41, 5.74) is 0.571. The molecule has 0 N–H and O–H groups in total. The Morgan fingerprint density at radius 3 is 2.67 bits per heavy atom. The first-order valence-corrected chi connectivity index (χ1v) is 4.21. The van der Waals surface area contributed by atoms with Crippen LogP contribution in [0.15, 0.2) is 12.2 Å². The number of rotatable bonds is 0. The first-order valence-electron chi connectivity index (χ1n) is 3.69. The predicted octanol–water partition coefficient (Wildman–Crippen LogP) is 2.42. The number of allylic oxidation sites excluding steroid dienone is 2. The average Bonchev–Trinajstić information content (AvgIpc) is 2.44. The van der Waals surface area contributed by atoms with Crippen molar-refractivity contribution in [3.63, 3.8) is 0 Å². The molecule has 1 fully saturated rings. The Morgan fingerprint density at radius 2 is 2.33 bits per heavy atom. The summed E-state index contributed by atoms with van der Waals surface area (Å²) in [5, 5.41) is 0.689. The van der Waals surface area contributed by atoms with Crippen LogP contribution in [0.4, 0.5) is 0 Å². The van der Waals surface area contributed by atoms with Gasteiger partial charge in [-0.25, -0.2) is 0 Å². The molecule has 2 unspecified atom stereocenters. The van der Waals surface area contributed by atoms with Crippen LogP contribution in [0.5, 0.6) is 0 Å². The highest BCUT2D eigenvalue weighted by Crippen LogP contribution is 2.56. The first-order chi connectivity index (χ1) is 4.33. The molecule has 50 valence electrons. The van der Waals surface area contributed by atoms with Gasteiger partial charge in [-0.1, -0.05) is 12.2 Å². The molecule has 0 aromatic rings. The van der Waals surface area contributed by atoms with Gasteiger partial charge in [-0.3, -0.25) is 0 Å². The van der Waals surface area contributed by atoms with Crippen molar-refractivity contribution in [2.45, 2.75) is 30.9 Å². The van der Waals surface area contributed by atoms with Crippen molar-refractivity contribution in [2.75, 3.05) is 0 Å². The van der Waals surface area contributed by atoms with Gasteiger partial charge < -0.3 is 0 Å². The lowest BCUT2D eigenvalue weighted by Gasteiger charge is -2.14. The topological polar surface area (TPSA) is 0 Å². The standard InChI is InChI=1S/C8H12S/c9-7-6-8(7)4-2-1-3-5-8/h2,4,7,9H,1,3,5-6H2. The summed E-state index contributed by atoms with van der Waals surface area (Å²) in [6.07, 6.45) is 10.1. The molecule has 1 saturated carbocycles. The summed E-state index contributed by atoms with van der Waals surface area (Å²) in [6.45, 7) is 0. The monoisotopic (exact) mass is 140 g/mol. The quantitative estimate of drug-likeness (QED) is 0.388. The maximum absolute atomic E-state index is 4.45. The van der Waals surface area contributed by atoms with E-state index in [1.54, 1.807) is 0 Å². The van der Waals surface area contributed by atoms with Crippen LogP contribution in [0, 0.1) is 5.41 Å². The Bertz CT molecular complexity index is 151. The zero-order chi connectivity index (χ0) is 6.32. The molecule has 2 aliphatic carbocycles. The Hall–Kier alpha value is 0.0900. The third kappa shape index (κ3) is 0.823. The molecule has 2 rings (SSSR count). The van der Waals surface area contributed by atoms with Crippen LogP contribution in [-0.4, -0.2) is 5.25 Å². The molecule has 0 nitrogen and oxygen atoms in total. The minimum atomic E-state index is 0.571. The second-order valence-electron chi connectivity index (χ2n) is 3.25. The van der Waals surface area contributed by atoms with E-state index in [9.17, 15) is 0 Å². The van der Waals surface area contributed by atoms with E-state index in [0.717, 1.165) is 0 Å². The molecular weight excluding hydrogens is 128 g/mol. The molecule has 0 heterocycles. The molecule has 2 atom stereocenters. The normalized spacial score (nSPS) is 47.9. The Morgan fingerprint density at radius 1 is 1.56 bits per heavy atom. The number of hydrogen-bond donors (Lipinski definition) is 1. The van der Waals surface area contributed by atoms with E-state index in [-0.39, 0.29) is 0 Å². The summed E-state index contributed by atoms with van der Waals surface area (Å²) in [7, 11) is 0. The predicted molar refractivity (Wildman–Crippen MR) is 42.8 cm³/mol. The lowest BCUT2D eigenvalue weighted by molar-refractivity contribution is 0.533. The van der Waals surface area contributed by atoms with Crippen molar-refractivity contribution in [1.82, 2.24) is 0 Å². The molecule has 0 aromatic carbocycles. The van der Waals surface area contributed by atoms with E-state index in [1.165, 1.54) is 25.7 Å². The second kappa shape index (κ2) is 1.79. The van der Waals surface area contributed by atoms with Crippen LogP contribution in [-0.2, 0) is 0 Å². The molecule has 9 heavy (non-hydrogen) atoms. The third-order valence-corrected chi connectivity index (χ3v) is 3.24. The van der Waals surface area contributed by atoms with Crippen LogP contribution in [0.3, 0.4) is 0 Å². The van der Waals surface area contributed by atoms with E-state index in [0.29, 0.717) is 10.7 Å². The zero-order valence-electron chi connectivity index (χ0n) is 5.51. The summed E-state index contributed by atoms with van der Waals surface area (Å²) in [4.78, 5) is 0. The van der Waals surface area contributed by atoms with Gasteiger partial charge in [0.2, 0.25) is 0 Å². The highest BCUT2D eigenvalue weighted by atomic mass is 32.1. The van der Waals surface area contributed by atoms with E-state index in [1.807, 2.05) is 0 Å². The fraction of sp³-hybridized carbons (Fsp3) is 0.750. The highest BCUT2D eigenvalue weighted by molar-refractivity contribution is 7.81. The second-order valence-corrected chi connectivity index (χ2v) is 3.87. The summed E-state index contributed by atoms with van der Waals surface area (Å²) in [6, 6.07) is 0. The number of thiol groups is 1. The van der Waals surface area contributed by atoms with Crippen molar-refractivity contribution in [3.05, 3.63) is 12.2 Å². The van der Waals surface area contributed by atoms with Crippen molar-refractivity contribution in [3.8, 4) is 0 Å². The minimum absolute atomic E-state index is 0.571. The third-order valence-electron chi connectivity index (χ3n) is 2.54.